The molecule has 0 fully saturated rings. The predicted molar refractivity (Wildman–Crippen MR) is 49.3 cm³/mol. The van der Waals surface area contributed by atoms with Crippen LogP contribution in [0.5, 0.6) is 5.75 Å². The van der Waals surface area contributed by atoms with E-state index in [2.05, 4.69) is 0 Å². The van der Waals surface area contributed by atoms with E-state index < -0.39 is 10.7 Å². The number of benzene rings is 1. The molecule has 0 saturated carbocycles. The minimum atomic E-state index is -0.647. The molecule has 0 amide bonds. The first-order chi connectivity index (χ1) is 6.49. The van der Waals surface area contributed by atoms with Crippen molar-refractivity contribution in [2.45, 2.75) is 6.92 Å². The fraction of sp³-hybridized carbons (Fsp3) is 0.143. The van der Waals surface area contributed by atoms with Crippen LogP contribution in [-0.4, -0.2) is 15.2 Å². The summed E-state index contributed by atoms with van der Waals surface area (Å²) in [5.74, 6) is -0.407. The number of nitro groups is 1. The van der Waals surface area contributed by atoms with E-state index >= 15 is 0 Å². The number of hydrogen-bond donors (Lipinski definition) is 4. The van der Waals surface area contributed by atoms with Gasteiger partial charge in [-0.1, -0.05) is 0 Å². The lowest BCUT2D eigenvalue weighted by Gasteiger charge is -2.08. The highest BCUT2D eigenvalue weighted by Crippen LogP contribution is 2.38. The molecule has 14 heavy (non-hydrogen) atoms. The summed E-state index contributed by atoms with van der Waals surface area (Å²) in [7, 11) is 0. The van der Waals surface area contributed by atoms with Crippen LogP contribution in [0, 0.1) is 17.0 Å². The van der Waals surface area contributed by atoms with Gasteiger partial charge in [-0.25, -0.2) is 0 Å². The number of nitrogen functional groups attached to an aromatic ring is 1. The van der Waals surface area contributed by atoms with Gasteiger partial charge in [0.05, 0.1) is 16.2 Å². The Morgan fingerprint density at radius 1 is 1.64 bits per heavy atom. The molecule has 0 bridgehead atoms. The Hall–Kier alpha value is -2.02. The minimum absolute atomic E-state index is 0.115. The van der Waals surface area contributed by atoms with Crippen molar-refractivity contribution >= 4 is 17.1 Å². The molecule has 0 unspecified atom stereocenters. The lowest BCUT2D eigenvalue weighted by atomic mass is 10.1. The maximum atomic E-state index is 10.5. The summed E-state index contributed by atoms with van der Waals surface area (Å²) < 4.78 is 0. The van der Waals surface area contributed by atoms with Gasteiger partial charge in [0.1, 0.15) is 5.69 Å². The highest BCUT2D eigenvalue weighted by atomic mass is 16.6. The van der Waals surface area contributed by atoms with E-state index in [9.17, 15) is 15.2 Å². The molecule has 7 heteroatoms. The molecule has 0 aromatic heterocycles. The number of nitrogens with two attached hydrogens (primary N) is 1. The monoisotopic (exact) mass is 199 g/mol. The van der Waals surface area contributed by atoms with Crippen LogP contribution < -0.4 is 11.2 Å². The van der Waals surface area contributed by atoms with E-state index in [-0.39, 0.29) is 22.6 Å². The van der Waals surface area contributed by atoms with Crippen LogP contribution in [0.2, 0.25) is 0 Å². The second kappa shape index (κ2) is 3.38. The van der Waals surface area contributed by atoms with Gasteiger partial charge in [-0.05, 0) is 6.92 Å². The lowest BCUT2D eigenvalue weighted by Crippen LogP contribution is -2.01. The third kappa shape index (κ3) is 1.40. The molecule has 0 spiro atoms. The highest BCUT2D eigenvalue weighted by molar-refractivity contribution is 5.76. The number of hydrogen-bond acceptors (Lipinski definition) is 6. The van der Waals surface area contributed by atoms with Gasteiger partial charge in [0.2, 0.25) is 0 Å². The van der Waals surface area contributed by atoms with Gasteiger partial charge >= 0.3 is 0 Å². The van der Waals surface area contributed by atoms with Crippen LogP contribution in [0.15, 0.2) is 6.07 Å². The van der Waals surface area contributed by atoms with Crippen molar-refractivity contribution in [3.63, 3.8) is 0 Å². The third-order valence-electron chi connectivity index (χ3n) is 1.87. The SMILES string of the molecule is Cc1c([N+](=O)[O-])cc(N)c(O)c1NO. The second-order valence-electron chi connectivity index (χ2n) is 2.70. The molecule has 0 aliphatic carbocycles. The maximum Gasteiger partial charge on any atom is 0.276 e. The Morgan fingerprint density at radius 2 is 2.21 bits per heavy atom. The zero-order valence-corrected chi connectivity index (χ0v) is 7.31. The van der Waals surface area contributed by atoms with Crippen molar-refractivity contribution in [1.29, 1.82) is 0 Å². The number of phenols is 1. The highest BCUT2D eigenvalue weighted by Gasteiger charge is 2.19. The summed E-state index contributed by atoms with van der Waals surface area (Å²) in [5.41, 5.74) is 6.49. The topological polar surface area (TPSA) is 122 Å². The zero-order valence-electron chi connectivity index (χ0n) is 7.31. The average molecular weight is 199 g/mol. The molecule has 0 heterocycles. The quantitative estimate of drug-likeness (QED) is 0.244. The third-order valence-corrected chi connectivity index (χ3v) is 1.87. The Kier molecular flexibility index (Phi) is 2.43. The summed E-state index contributed by atoms with van der Waals surface area (Å²) in [4.78, 5) is 9.87. The smallest absolute Gasteiger partial charge is 0.276 e. The summed E-state index contributed by atoms with van der Waals surface area (Å²) in [6.07, 6.45) is 0. The van der Waals surface area contributed by atoms with Crippen LogP contribution in [0.3, 0.4) is 0 Å². The second-order valence-corrected chi connectivity index (χ2v) is 2.70. The molecule has 1 aromatic carbocycles. The Labute approximate surface area is 78.9 Å². The van der Waals surface area contributed by atoms with E-state index in [1.807, 2.05) is 0 Å². The molecule has 1 rings (SSSR count). The molecule has 0 aliphatic rings. The first-order valence-electron chi connectivity index (χ1n) is 3.65. The van der Waals surface area contributed by atoms with Crippen molar-refractivity contribution in [2.75, 3.05) is 11.2 Å². The van der Waals surface area contributed by atoms with Crippen LogP contribution in [-0.2, 0) is 0 Å². The molecule has 0 radical (unpaired) electrons. The minimum Gasteiger partial charge on any atom is -0.504 e. The van der Waals surface area contributed by atoms with Crippen molar-refractivity contribution in [1.82, 2.24) is 0 Å². The van der Waals surface area contributed by atoms with Crippen LogP contribution in [0.1, 0.15) is 5.56 Å². The number of anilines is 2. The predicted octanol–water partition coefficient (Wildman–Crippen LogP) is 0.992. The number of aromatic hydroxyl groups is 1. The Balaban J connectivity index is 3.50. The Bertz CT molecular complexity index is 391. The van der Waals surface area contributed by atoms with Gasteiger partial charge in [-0.15, -0.1) is 0 Å². The van der Waals surface area contributed by atoms with Crippen LogP contribution in [0.25, 0.3) is 0 Å². The molecule has 0 aliphatic heterocycles. The normalized spacial score (nSPS) is 9.86. The maximum absolute atomic E-state index is 10.5. The molecular weight excluding hydrogens is 190 g/mol. The fourth-order valence-corrected chi connectivity index (χ4v) is 1.10. The van der Waals surface area contributed by atoms with Crippen molar-refractivity contribution in [2.24, 2.45) is 0 Å². The van der Waals surface area contributed by atoms with E-state index in [0.29, 0.717) is 0 Å². The van der Waals surface area contributed by atoms with Gasteiger partial charge in [0, 0.05) is 6.07 Å². The molecule has 0 saturated heterocycles. The summed E-state index contributed by atoms with van der Waals surface area (Å²) in [5, 5.41) is 28.5. The number of nitro benzene ring substituents is 1. The molecule has 1 aromatic rings. The fourth-order valence-electron chi connectivity index (χ4n) is 1.10. The molecule has 5 N–H and O–H groups in total. The lowest BCUT2D eigenvalue weighted by molar-refractivity contribution is -0.385. The standard InChI is InChI=1S/C7H9N3O4/c1-3-5(10(13)14)2-4(8)7(11)6(3)9-12/h2,9,11-12H,8H2,1H3. The van der Waals surface area contributed by atoms with E-state index in [0.717, 1.165) is 6.07 Å². The van der Waals surface area contributed by atoms with E-state index in [4.69, 9.17) is 10.9 Å². The number of nitrogens with zero attached hydrogens (tertiary/aromatic N) is 1. The van der Waals surface area contributed by atoms with Crippen LogP contribution >= 0.6 is 0 Å². The van der Waals surface area contributed by atoms with E-state index in [1.54, 1.807) is 5.48 Å². The molecule has 7 nitrogen and oxygen atoms in total. The number of phenolic OH excluding ortho intramolecular Hbond substituents is 1. The number of rotatable bonds is 2. The Morgan fingerprint density at radius 3 is 2.64 bits per heavy atom. The molecule has 0 atom stereocenters. The van der Waals surface area contributed by atoms with Crippen LogP contribution in [0.4, 0.5) is 17.1 Å². The zero-order chi connectivity index (χ0) is 10.9. The first kappa shape index (κ1) is 10.1. The van der Waals surface area contributed by atoms with Gasteiger partial charge in [0.15, 0.2) is 5.75 Å². The van der Waals surface area contributed by atoms with Gasteiger partial charge < -0.3 is 10.8 Å². The summed E-state index contributed by atoms with van der Waals surface area (Å²) in [6, 6.07) is 1.03. The molecular formula is C7H9N3O4. The average Bonchev–Trinajstić information content (AvgIpc) is 2.12. The molecule has 76 valence electrons. The van der Waals surface area contributed by atoms with Crippen molar-refractivity contribution in [3.8, 4) is 5.75 Å². The van der Waals surface area contributed by atoms with Gasteiger partial charge in [-0.3, -0.25) is 20.8 Å². The number of nitrogens with one attached hydrogen (secondary N) is 1. The van der Waals surface area contributed by atoms with Gasteiger partial charge in [0.25, 0.3) is 5.69 Å². The summed E-state index contributed by atoms with van der Waals surface area (Å²) >= 11 is 0. The van der Waals surface area contributed by atoms with Crippen molar-refractivity contribution < 1.29 is 15.2 Å². The van der Waals surface area contributed by atoms with E-state index in [1.165, 1.54) is 6.92 Å². The van der Waals surface area contributed by atoms with Gasteiger partial charge in [-0.2, -0.15) is 0 Å². The summed E-state index contributed by atoms with van der Waals surface area (Å²) in [6.45, 7) is 1.38. The largest absolute Gasteiger partial charge is 0.504 e. The van der Waals surface area contributed by atoms with Crippen molar-refractivity contribution in [3.05, 3.63) is 21.7 Å². The first-order valence-corrected chi connectivity index (χ1v) is 3.65.